The molecule has 0 aliphatic heterocycles. The number of aromatic nitrogens is 2. The Kier molecular flexibility index (Phi) is 3.41. The van der Waals surface area contributed by atoms with Gasteiger partial charge in [-0.2, -0.15) is 0 Å². The van der Waals surface area contributed by atoms with Crippen molar-refractivity contribution in [1.82, 2.24) is 9.97 Å². The van der Waals surface area contributed by atoms with Crippen molar-refractivity contribution in [2.24, 2.45) is 5.84 Å². The van der Waals surface area contributed by atoms with E-state index in [4.69, 9.17) is 17.4 Å². The molecule has 4 N–H and O–H groups in total. The molecule has 0 saturated heterocycles. The minimum absolute atomic E-state index is 0.494. The lowest BCUT2D eigenvalue weighted by atomic mass is 10.2. The number of hydrogen-bond donors (Lipinski definition) is 3. The number of anilines is 3. The molecule has 1 aromatic heterocycles. The van der Waals surface area contributed by atoms with Gasteiger partial charge in [0.2, 0.25) is 0 Å². The highest BCUT2D eigenvalue weighted by Gasteiger charge is 2.00. The summed E-state index contributed by atoms with van der Waals surface area (Å²) >= 11 is 6.03. The molecule has 2 aromatic rings. The third kappa shape index (κ3) is 2.83. The molecule has 0 saturated carbocycles. The van der Waals surface area contributed by atoms with Crippen LogP contribution < -0.4 is 16.6 Å². The molecule has 88 valence electrons. The van der Waals surface area contributed by atoms with E-state index in [1.807, 2.05) is 25.1 Å². The van der Waals surface area contributed by atoms with Gasteiger partial charge < -0.3 is 10.7 Å². The van der Waals surface area contributed by atoms with Gasteiger partial charge in [-0.3, -0.25) is 4.98 Å². The first kappa shape index (κ1) is 11.6. The molecular weight excluding hydrogens is 238 g/mol. The van der Waals surface area contributed by atoms with Gasteiger partial charge in [0.05, 0.1) is 12.4 Å². The fraction of sp³-hybridized carbons (Fsp3) is 0.0909. The molecule has 5 nitrogen and oxygen atoms in total. The van der Waals surface area contributed by atoms with Crippen molar-refractivity contribution >= 4 is 28.9 Å². The van der Waals surface area contributed by atoms with Gasteiger partial charge in [-0.1, -0.05) is 17.7 Å². The number of hydrogen-bond acceptors (Lipinski definition) is 5. The second-order valence-electron chi connectivity index (χ2n) is 3.52. The quantitative estimate of drug-likeness (QED) is 0.576. The van der Waals surface area contributed by atoms with E-state index < -0.39 is 0 Å². The SMILES string of the molecule is Cc1ccc(Nc2cncc(NN)n2)cc1Cl. The Morgan fingerprint density at radius 2 is 2.00 bits per heavy atom. The summed E-state index contributed by atoms with van der Waals surface area (Å²) in [5.41, 5.74) is 4.31. The van der Waals surface area contributed by atoms with Crippen LogP contribution in [-0.4, -0.2) is 9.97 Å². The molecule has 0 aliphatic rings. The molecule has 0 unspecified atom stereocenters. The summed E-state index contributed by atoms with van der Waals surface area (Å²) in [5, 5.41) is 3.80. The molecular formula is C11H12ClN5. The Morgan fingerprint density at radius 3 is 2.71 bits per heavy atom. The van der Waals surface area contributed by atoms with Gasteiger partial charge in [-0.15, -0.1) is 0 Å². The smallest absolute Gasteiger partial charge is 0.160 e. The van der Waals surface area contributed by atoms with Crippen LogP contribution in [0.3, 0.4) is 0 Å². The van der Waals surface area contributed by atoms with Crippen molar-refractivity contribution in [2.75, 3.05) is 10.7 Å². The van der Waals surface area contributed by atoms with E-state index in [0.29, 0.717) is 16.7 Å². The Morgan fingerprint density at radius 1 is 1.24 bits per heavy atom. The van der Waals surface area contributed by atoms with Crippen molar-refractivity contribution in [3.63, 3.8) is 0 Å². The maximum absolute atomic E-state index is 6.03. The minimum Gasteiger partial charge on any atom is -0.339 e. The fourth-order valence-electron chi connectivity index (χ4n) is 1.31. The second kappa shape index (κ2) is 4.99. The lowest BCUT2D eigenvalue weighted by Crippen LogP contribution is -2.09. The van der Waals surface area contributed by atoms with Crippen LogP contribution in [0.25, 0.3) is 0 Å². The number of aryl methyl sites for hydroxylation is 1. The summed E-state index contributed by atoms with van der Waals surface area (Å²) in [7, 11) is 0. The van der Waals surface area contributed by atoms with Crippen LogP contribution in [0.4, 0.5) is 17.3 Å². The van der Waals surface area contributed by atoms with Crippen LogP contribution in [0.15, 0.2) is 30.6 Å². The number of benzene rings is 1. The fourth-order valence-corrected chi connectivity index (χ4v) is 1.49. The number of nitrogens with one attached hydrogen (secondary N) is 2. The summed E-state index contributed by atoms with van der Waals surface area (Å²) in [5.74, 6) is 6.35. The molecule has 0 fully saturated rings. The van der Waals surface area contributed by atoms with Crippen LogP contribution in [-0.2, 0) is 0 Å². The average molecular weight is 250 g/mol. The predicted molar refractivity (Wildman–Crippen MR) is 69.3 cm³/mol. The van der Waals surface area contributed by atoms with Crippen LogP contribution in [0.5, 0.6) is 0 Å². The molecule has 0 aliphatic carbocycles. The van der Waals surface area contributed by atoms with Crippen LogP contribution >= 0.6 is 11.6 Å². The standard InChI is InChI=1S/C11H12ClN5/c1-7-2-3-8(4-9(7)12)15-10-5-14-6-11(16-10)17-13/h2-6H,13H2,1H3,(H2,15,16,17). The van der Waals surface area contributed by atoms with E-state index in [2.05, 4.69) is 20.7 Å². The molecule has 0 radical (unpaired) electrons. The zero-order valence-corrected chi connectivity index (χ0v) is 9.99. The van der Waals surface area contributed by atoms with Crippen molar-refractivity contribution < 1.29 is 0 Å². The van der Waals surface area contributed by atoms with Crippen LogP contribution in [0, 0.1) is 6.92 Å². The van der Waals surface area contributed by atoms with Gasteiger partial charge in [0.15, 0.2) is 11.6 Å². The number of nitrogens with two attached hydrogens (primary N) is 1. The van der Waals surface area contributed by atoms with E-state index in [1.165, 1.54) is 6.20 Å². The first-order valence-electron chi connectivity index (χ1n) is 5.01. The first-order valence-corrected chi connectivity index (χ1v) is 5.38. The van der Waals surface area contributed by atoms with Gasteiger partial charge in [0.1, 0.15) is 0 Å². The van der Waals surface area contributed by atoms with Crippen molar-refractivity contribution in [3.8, 4) is 0 Å². The molecule has 0 amide bonds. The highest BCUT2D eigenvalue weighted by Crippen LogP contribution is 2.22. The normalized spacial score (nSPS) is 10.1. The number of hydrazine groups is 1. The zero-order chi connectivity index (χ0) is 12.3. The van der Waals surface area contributed by atoms with E-state index in [0.717, 1.165) is 11.3 Å². The molecule has 1 heterocycles. The highest BCUT2D eigenvalue weighted by molar-refractivity contribution is 6.31. The molecule has 0 bridgehead atoms. The summed E-state index contributed by atoms with van der Waals surface area (Å²) in [6.45, 7) is 1.95. The summed E-state index contributed by atoms with van der Waals surface area (Å²) < 4.78 is 0. The third-order valence-corrected chi connectivity index (χ3v) is 2.63. The van der Waals surface area contributed by atoms with Crippen molar-refractivity contribution in [2.45, 2.75) is 6.92 Å². The maximum Gasteiger partial charge on any atom is 0.160 e. The summed E-state index contributed by atoms with van der Waals surface area (Å²) in [4.78, 5) is 8.18. The van der Waals surface area contributed by atoms with Gasteiger partial charge >= 0.3 is 0 Å². The largest absolute Gasteiger partial charge is 0.339 e. The number of nitrogen functional groups attached to an aromatic ring is 1. The topological polar surface area (TPSA) is 75.9 Å². The summed E-state index contributed by atoms with van der Waals surface area (Å²) in [6, 6.07) is 5.69. The molecule has 0 spiro atoms. The molecule has 17 heavy (non-hydrogen) atoms. The molecule has 6 heteroatoms. The molecule has 0 atom stereocenters. The Labute approximate surface area is 104 Å². The minimum atomic E-state index is 0.494. The van der Waals surface area contributed by atoms with Crippen LogP contribution in [0.2, 0.25) is 5.02 Å². The Hall–Kier alpha value is -1.85. The highest BCUT2D eigenvalue weighted by atomic mass is 35.5. The summed E-state index contributed by atoms with van der Waals surface area (Å²) in [6.07, 6.45) is 3.14. The second-order valence-corrected chi connectivity index (χ2v) is 3.93. The van der Waals surface area contributed by atoms with Crippen molar-refractivity contribution in [1.29, 1.82) is 0 Å². The average Bonchev–Trinajstić information content (AvgIpc) is 2.34. The van der Waals surface area contributed by atoms with Crippen LogP contribution in [0.1, 0.15) is 5.56 Å². The first-order chi connectivity index (χ1) is 8.19. The maximum atomic E-state index is 6.03. The molecule has 1 aromatic carbocycles. The van der Waals surface area contributed by atoms with Gasteiger partial charge in [-0.05, 0) is 24.6 Å². The Balaban J connectivity index is 2.22. The monoisotopic (exact) mass is 249 g/mol. The van der Waals surface area contributed by atoms with E-state index in [9.17, 15) is 0 Å². The van der Waals surface area contributed by atoms with Gasteiger partial charge in [0, 0.05) is 10.7 Å². The molecule has 2 rings (SSSR count). The predicted octanol–water partition coefficient (Wildman–Crippen LogP) is 2.47. The lowest BCUT2D eigenvalue weighted by molar-refractivity contribution is 1.16. The Bertz CT molecular complexity index is 529. The van der Waals surface area contributed by atoms with E-state index in [-0.39, 0.29) is 0 Å². The van der Waals surface area contributed by atoms with Gasteiger partial charge in [0.25, 0.3) is 0 Å². The van der Waals surface area contributed by atoms with E-state index in [1.54, 1.807) is 6.20 Å². The third-order valence-electron chi connectivity index (χ3n) is 2.23. The number of halogens is 1. The van der Waals surface area contributed by atoms with E-state index >= 15 is 0 Å². The number of rotatable bonds is 3. The van der Waals surface area contributed by atoms with Gasteiger partial charge in [-0.25, -0.2) is 10.8 Å². The van der Waals surface area contributed by atoms with Crippen molar-refractivity contribution in [3.05, 3.63) is 41.2 Å². The number of nitrogens with zero attached hydrogens (tertiary/aromatic N) is 2. The zero-order valence-electron chi connectivity index (χ0n) is 9.24. The lowest BCUT2D eigenvalue weighted by Gasteiger charge is -2.07.